The van der Waals surface area contributed by atoms with Gasteiger partial charge in [-0.15, -0.1) is 0 Å². The van der Waals surface area contributed by atoms with E-state index in [9.17, 15) is 9.18 Å². The topological polar surface area (TPSA) is 53.5 Å². The van der Waals surface area contributed by atoms with Gasteiger partial charge in [-0.05, 0) is 38.5 Å². The number of hydrogen-bond acceptors (Lipinski definition) is 2. The third kappa shape index (κ3) is 2.20. The molecule has 0 bridgehead atoms. The molecule has 0 spiro atoms. The molecule has 2 N–H and O–H groups in total. The summed E-state index contributed by atoms with van der Waals surface area (Å²) < 4.78 is 13.2. The number of rotatable bonds is 2. The van der Waals surface area contributed by atoms with E-state index in [1.54, 1.807) is 19.1 Å². The van der Waals surface area contributed by atoms with E-state index in [1.165, 1.54) is 12.1 Å². The zero-order valence-corrected chi connectivity index (χ0v) is 10.6. The normalized spacial score (nSPS) is 25.4. The van der Waals surface area contributed by atoms with Crippen molar-refractivity contribution in [3.8, 4) is 0 Å². The van der Waals surface area contributed by atoms with E-state index >= 15 is 0 Å². The molecule has 1 amide bonds. The van der Waals surface area contributed by atoms with Crippen molar-refractivity contribution in [1.29, 1.82) is 0 Å². The second kappa shape index (κ2) is 4.40. The number of benzene rings is 1. The van der Waals surface area contributed by atoms with Crippen LogP contribution in [0.5, 0.6) is 0 Å². The van der Waals surface area contributed by atoms with Crippen LogP contribution in [0.4, 0.5) is 4.39 Å². The highest BCUT2D eigenvalue weighted by atomic mass is 19.1. The maximum Gasteiger partial charge on any atom is 0.256 e. The molecule has 5 heteroatoms. The van der Waals surface area contributed by atoms with Gasteiger partial charge in [0.15, 0.2) is 5.96 Å². The highest BCUT2D eigenvalue weighted by Gasteiger charge is 2.42. The summed E-state index contributed by atoms with van der Waals surface area (Å²) in [6.45, 7) is 5.54. The maximum absolute atomic E-state index is 13.2. The molecule has 1 heterocycles. The van der Waals surface area contributed by atoms with Crippen LogP contribution in [0.3, 0.4) is 0 Å². The van der Waals surface area contributed by atoms with Gasteiger partial charge in [0.05, 0.1) is 0 Å². The Morgan fingerprint density at radius 2 is 2.11 bits per heavy atom. The number of carbonyl (C=O) groups excluding carboxylic acids is 1. The molecule has 1 fully saturated rings. The van der Waals surface area contributed by atoms with Crippen LogP contribution >= 0.6 is 0 Å². The van der Waals surface area contributed by atoms with Crippen molar-refractivity contribution in [2.75, 3.05) is 0 Å². The standard InChI is InChI=1S/C13H16FN3O/c1-8(2)15-12-16-11(18)13(3,17-12)9-5-4-6-10(14)7-9/h4-8H,1-3H3,(H2,15,16,17,18). The predicted molar refractivity (Wildman–Crippen MR) is 67.6 cm³/mol. The molecule has 1 aliphatic rings. The lowest BCUT2D eigenvalue weighted by Crippen LogP contribution is -2.40. The van der Waals surface area contributed by atoms with Gasteiger partial charge in [-0.1, -0.05) is 12.1 Å². The molecule has 2 rings (SSSR count). The number of carbonyl (C=O) groups is 1. The van der Waals surface area contributed by atoms with Crippen LogP contribution in [0, 0.1) is 5.82 Å². The molecule has 18 heavy (non-hydrogen) atoms. The Morgan fingerprint density at radius 3 is 2.72 bits per heavy atom. The average Bonchev–Trinajstić information content (AvgIpc) is 2.54. The number of halogens is 1. The van der Waals surface area contributed by atoms with Crippen LogP contribution in [0.2, 0.25) is 0 Å². The Labute approximate surface area is 105 Å². The number of nitrogens with one attached hydrogen (secondary N) is 2. The second-order valence-electron chi connectivity index (χ2n) is 4.79. The van der Waals surface area contributed by atoms with Gasteiger partial charge in [0.25, 0.3) is 5.91 Å². The number of hydrogen-bond donors (Lipinski definition) is 2. The molecule has 1 aliphatic heterocycles. The molecule has 1 atom stereocenters. The molecule has 0 saturated carbocycles. The lowest BCUT2D eigenvalue weighted by Gasteiger charge is -2.21. The van der Waals surface area contributed by atoms with Crippen molar-refractivity contribution < 1.29 is 9.18 Å². The van der Waals surface area contributed by atoms with Crippen molar-refractivity contribution in [3.05, 3.63) is 35.6 Å². The molecule has 0 aromatic heterocycles. The largest absolute Gasteiger partial charge is 0.338 e. The summed E-state index contributed by atoms with van der Waals surface area (Å²) in [6.07, 6.45) is 0. The molecule has 1 saturated heterocycles. The Morgan fingerprint density at radius 1 is 1.39 bits per heavy atom. The van der Waals surface area contributed by atoms with Gasteiger partial charge in [-0.25, -0.2) is 4.39 Å². The van der Waals surface area contributed by atoms with E-state index in [2.05, 4.69) is 15.6 Å². The molecule has 1 aromatic carbocycles. The van der Waals surface area contributed by atoms with E-state index in [0.717, 1.165) is 0 Å². The van der Waals surface area contributed by atoms with Crippen molar-refractivity contribution in [2.45, 2.75) is 32.4 Å². The fraction of sp³-hybridized carbons (Fsp3) is 0.385. The first-order chi connectivity index (χ1) is 8.41. The highest BCUT2D eigenvalue weighted by molar-refractivity contribution is 6.09. The third-order valence-electron chi connectivity index (χ3n) is 2.84. The van der Waals surface area contributed by atoms with Crippen LogP contribution in [0.1, 0.15) is 26.3 Å². The van der Waals surface area contributed by atoms with E-state index in [-0.39, 0.29) is 17.8 Å². The molecular weight excluding hydrogens is 233 g/mol. The third-order valence-corrected chi connectivity index (χ3v) is 2.84. The molecule has 96 valence electrons. The maximum atomic E-state index is 13.2. The number of aliphatic imine (C=N–C) groups is 1. The molecule has 0 radical (unpaired) electrons. The number of amides is 1. The second-order valence-corrected chi connectivity index (χ2v) is 4.79. The predicted octanol–water partition coefficient (Wildman–Crippen LogP) is 1.52. The van der Waals surface area contributed by atoms with Gasteiger partial charge in [-0.3, -0.25) is 15.1 Å². The number of nitrogens with zero attached hydrogens (tertiary/aromatic N) is 1. The van der Waals surface area contributed by atoms with E-state index in [4.69, 9.17) is 0 Å². The summed E-state index contributed by atoms with van der Waals surface area (Å²) in [4.78, 5) is 16.3. The Hall–Kier alpha value is -1.91. The molecular formula is C13H16FN3O. The zero-order chi connectivity index (χ0) is 13.3. The number of guanidine groups is 1. The monoisotopic (exact) mass is 249 g/mol. The minimum absolute atomic E-state index is 0.0719. The minimum Gasteiger partial charge on any atom is -0.338 e. The summed E-state index contributed by atoms with van der Waals surface area (Å²) in [5, 5.41) is 5.69. The highest BCUT2D eigenvalue weighted by Crippen LogP contribution is 2.24. The van der Waals surface area contributed by atoms with Gasteiger partial charge in [0, 0.05) is 6.04 Å². The van der Waals surface area contributed by atoms with Gasteiger partial charge < -0.3 is 5.32 Å². The SMILES string of the molecule is CC(C)N=C1NC(=O)C(C)(c2cccc(F)c2)N1. The van der Waals surface area contributed by atoms with Crippen molar-refractivity contribution in [1.82, 2.24) is 10.6 Å². The summed E-state index contributed by atoms with van der Waals surface area (Å²) >= 11 is 0. The fourth-order valence-electron chi connectivity index (χ4n) is 1.88. The van der Waals surface area contributed by atoms with Crippen LogP contribution < -0.4 is 10.6 Å². The quantitative estimate of drug-likeness (QED) is 0.835. The summed E-state index contributed by atoms with van der Waals surface area (Å²) in [5.41, 5.74) is -0.399. The van der Waals surface area contributed by atoms with Gasteiger partial charge in [0.2, 0.25) is 0 Å². The van der Waals surface area contributed by atoms with Crippen molar-refractivity contribution in [2.24, 2.45) is 4.99 Å². The first-order valence-electron chi connectivity index (χ1n) is 5.85. The first kappa shape index (κ1) is 12.5. The lowest BCUT2D eigenvalue weighted by molar-refractivity contribution is -0.123. The molecule has 4 nitrogen and oxygen atoms in total. The Kier molecular flexibility index (Phi) is 3.07. The fourth-order valence-corrected chi connectivity index (χ4v) is 1.88. The Bertz CT molecular complexity index is 513. The van der Waals surface area contributed by atoms with E-state index in [1.807, 2.05) is 13.8 Å². The zero-order valence-electron chi connectivity index (χ0n) is 10.6. The summed E-state index contributed by atoms with van der Waals surface area (Å²) in [5.74, 6) is -0.160. The molecule has 1 unspecified atom stereocenters. The van der Waals surface area contributed by atoms with E-state index < -0.39 is 5.54 Å². The summed E-state index contributed by atoms with van der Waals surface area (Å²) in [6, 6.07) is 6.08. The molecule has 0 aliphatic carbocycles. The molecule has 1 aromatic rings. The average molecular weight is 249 g/mol. The van der Waals surface area contributed by atoms with Crippen molar-refractivity contribution >= 4 is 11.9 Å². The summed E-state index contributed by atoms with van der Waals surface area (Å²) in [7, 11) is 0. The van der Waals surface area contributed by atoms with E-state index in [0.29, 0.717) is 11.5 Å². The van der Waals surface area contributed by atoms with Gasteiger partial charge in [-0.2, -0.15) is 0 Å². The van der Waals surface area contributed by atoms with Crippen LogP contribution in [-0.2, 0) is 10.3 Å². The Balaban J connectivity index is 2.35. The smallest absolute Gasteiger partial charge is 0.256 e. The lowest BCUT2D eigenvalue weighted by atomic mass is 9.92. The van der Waals surface area contributed by atoms with Crippen LogP contribution in [0.15, 0.2) is 29.3 Å². The van der Waals surface area contributed by atoms with Gasteiger partial charge in [0.1, 0.15) is 11.4 Å². The van der Waals surface area contributed by atoms with Crippen LogP contribution in [0.25, 0.3) is 0 Å². The first-order valence-corrected chi connectivity index (χ1v) is 5.85. The van der Waals surface area contributed by atoms with Gasteiger partial charge >= 0.3 is 0 Å². The van der Waals surface area contributed by atoms with Crippen molar-refractivity contribution in [3.63, 3.8) is 0 Å². The minimum atomic E-state index is -0.976. The van der Waals surface area contributed by atoms with Crippen LogP contribution in [-0.4, -0.2) is 17.9 Å².